The van der Waals surface area contributed by atoms with E-state index in [1.54, 1.807) is 0 Å². The van der Waals surface area contributed by atoms with Crippen molar-refractivity contribution >= 4 is 22.4 Å². The predicted molar refractivity (Wildman–Crippen MR) is 148 cm³/mol. The van der Waals surface area contributed by atoms with Crippen molar-refractivity contribution in [3.63, 3.8) is 0 Å². The number of nitrogens with zero attached hydrogens (tertiary/aromatic N) is 1. The van der Waals surface area contributed by atoms with Crippen LogP contribution in [0.4, 0.5) is 5.69 Å². The Kier molecular flexibility index (Phi) is 6.04. The Morgan fingerprint density at radius 2 is 1.59 bits per heavy atom. The molecule has 1 aliphatic carbocycles. The van der Waals surface area contributed by atoms with Crippen LogP contribution in [0.1, 0.15) is 58.2 Å². The fourth-order valence-electron chi connectivity index (χ4n) is 5.56. The lowest BCUT2D eigenvalue weighted by Gasteiger charge is -2.28. The van der Waals surface area contributed by atoms with E-state index in [1.807, 2.05) is 0 Å². The Labute approximate surface area is 205 Å². The van der Waals surface area contributed by atoms with Crippen LogP contribution in [-0.2, 0) is 6.42 Å². The lowest BCUT2D eigenvalue weighted by Crippen LogP contribution is -2.17. The summed E-state index contributed by atoms with van der Waals surface area (Å²) in [6.07, 6.45) is 4.35. The highest BCUT2D eigenvalue weighted by atomic mass is 15.1. The average molecular weight is 446 g/mol. The molecule has 1 heteroatoms. The first-order valence-electron chi connectivity index (χ1n) is 12.5. The second-order valence-corrected chi connectivity index (χ2v) is 10.0. The molecule has 2 aliphatic rings. The van der Waals surface area contributed by atoms with Gasteiger partial charge in [0.05, 0.1) is 0 Å². The Bertz CT molecular complexity index is 1300. The fourth-order valence-corrected chi connectivity index (χ4v) is 5.56. The molecule has 0 bridgehead atoms. The van der Waals surface area contributed by atoms with Crippen LogP contribution in [0.25, 0.3) is 16.7 Å². The normalized spacial score (nSPS) is 15.6. The van der Waals surface area contributed by atoms with Crippen LogP contribution < -0.4 is 4.90 Å². The van der Waals surface area contributed by atoms with Gasteiger partial charge in [0.15, 0.2) is 0 Å². The van der Waals surface area contributed by atoms with E-state index in [0.29, 0.717) is 0 Å². The molecular weight excluding hydrogens is 410 g/mol. The van der Waals surface area contributed by atoms with Crippen molar-refractivity contribution in [3.8, 4) is 0 Å². The van der Waals surface area contributed by atoms with E-state index >= 15 is 0 Å². The van der Waals surface area contributed by atoms with E-state index < -0.39 is 0 Å². The van der Waals surface area contributed by atoms with Crippen LogP contribution in [0.2, 0.25) is 0 Å². The number of fused-ring (bicyclic) bond motifs is 1. The van der Waals surface area contributed by atoms with Crippen molar-refractivity contribution in [1.82, 2.24) is 0 Å². The summed E-state index contributed by atoms with van der Waals surface area (Å²) >= 11 is 0. The van der Waals surface area contributed by atoms with Crippen LogP contribution >= 0.6 is 0 Å². The highest BCUT2D eigenvalue weighted by molar-refractivity contribution is 5.96. The minimum Gasteiger partial charge on any atom is -0.372 e. The van der Waals surface area contributed by atoms with Gasteiger partial charge in [0.25, 0.3) is 0 Å². The van der Waals surface area contributed by atoms with Gasteiger partial charge in [0.2, 0.25) is 0 Å². The predicted octanol–water partition coefficient (Wildman–Crippen LogP) is 8.34. The van der Waals surface area contributed by atoms with E-state index in [1.165, 1.54) is 81.7 Å². The summed E-state index contributed by atoms with van der Waals surface area (Å²) < 4.78 is 0. The summed E-state index contributed by atoms with van der Waals surface area (Å²) in [7, 11) is 0. The molecule has 0 atom stereocenters. The molecule has 0 radical (unpaired) electrons. The molecule has 172 valence electrons. The summed E-state index contributed by atoms with van der Waals surface area (Å²) in [6.45, 7) is 18.1. The maximum atomic E-state index is 4.62. The van der Waals surface area contributed by atoms with Gasteiger partial charge in [-0.1, -0.05) is 61.7 Å². The van der Waals surface area contributed by atoms with Crippen LogP contribution in [0, 0.1) is 20.8 Å². The standard InChI is InChI=1S/C33H35N/c1-22-11-12-28(19-24(22)3)32-21-29-10-8-9-23(2)33(29)26(5)31(32)20-25(4)27-13-15-30(16-14-27)34-17-6-7-18-34/h8-16,19H,4-7,17-18,20-21H2,1-3H3. The number of allylic oxidation sites excluding steroid dienone is 4. The lowest BCUT2D eigenvalue weighted by atomic mass is 9.76. The Balaban J connectivity index is 1.51. The maximum absolute atomic E-state index is 4.62. The van der Waals surface area contributed by atoms with E-state index in [9.17, 15) is 0 Å². The van der Waals surface area contributed by atoms with Gasteiger partial charge in [0.1, 0.15) is 0 Å². The van der Waals surface area contributed by atoms with Gasteiger partial charge in [-0.2, -0.15) is 0 Å². The van der Waals surface area contributed by atoms with E-state index in [4.69, 9.17) is 0 Å². The summed E-state index contributed by atoms with van der Waals surface area (Å²) in [6, 6.07) is 22.5. The quantitative estimate of drug-likeness (QED) is 0.381. The minimum atomic E-state index is 0.817. The van der Waals surface area contributed by atoms with Gasteiger partial charge < -0.3 is 4.90 Å². The molecule has 0 spiro atoms. The van der Waals surface area contributed by atoms with Crippen molar-refractivity contribution < 1.29 is 0 Å². The van der Waals surface area contributed by atoms with Gasteiger partial charge in [-0.05, 0) is 120 Å². The smallest absolute Gasteiger partial charge is 0.0366 e. The largest absolute Gasteiger partial charge is 0.372 e. The molecule has 34 heavy (non-hydrogen) atoms. The number of hydrogen-bond donors (Lipinski definition) is 0. The first kappa shape index (κ1) is 22.5. The number of anilines is 1. The summed E-state index contributed by atoms with van der Waals surface area (Å²) in [5, 5.41) is 0. The summed E-state index contributed by atoms with van der Waals surface area (Å²) in [5.74, 6) is 0. The van der Waals surface area contributed by atoms with Crippen LogP contribution in [-0.4, -0.2) is 13.1 Å². The molecule has 1 saturated heterocycles. The molecule has 0 N–H and O–H groups in total. The number of benzene rings is 3. The molecule has 0 unspecified atom stereocenters. The highest BCUT2D eigenvalue weighted by Gasteiger charge is 2.24. The molecule has 0 aromatic heterocycles. The van der Waals surface area contributed by atoms with Gasteiger partial charge in [0, 0.05) is 18.8 Å². The molecule has 1 heterocycles. The topological polar surface area (TPSA) is 3.24 Å². The monoisotopic (exact) mass is 445 g/mol. The third kappa shape index (κ3) is 4.16. The van der Waals surface area contributed by atoms with E-state index in [0.717, 1.165) is 24.0 Å². The second-order valence-electron chi connectivity index (χ2n) is 10.0. The molecule has 3 aromatic carbocycles. The van der Waals surface area contributed by atoms with Gasteiger partial charge in [-0.3, -0.25) is 0 Å². The number of aryl methyl sites for hydroxylation is 3. The van der Waals surface area contributed by atoms with Crippen molar-refractivity contribution in [2.24, 2.45) is 0 Å². The zero-order valence-electron chi connectivity index (χ0n) is 20.9. The van der Waals surface area contributed by atoms with Crippen molar-refractivity contribution in [2.45, 2.75) is 46.5 Å². The summed E-state index contributed by atoms with van der Waals surface area (Å²) in [5.41, 5.74) is 15.6. The first-order chi connectivity index (χ1) is 16.4. The van der Waals surface area contributed by atoms with Gasteiger partial charge >= 0.3 is 0 Å². The van der Waals surface area contributed by atoms with Crippen LogP contribution in [0.3, 0.4) is 0 Å². The maximum Gasteiger partial charge on any atom is 0.0366 e. The SMILES string of the molecule is C=C(CC1=C(c2ccc(C)c(C)c2)Cc2cccc(C)c2C1=C)c1ccc(N2CCCC2)cc1. The van der Waals surface area contributed by atoms with Gasteiger partial charge in [-0.15, -0.1) is 0 Å². The molecule has 3 aromatic rings. The van der Waals surface area contributed by atoms with E-state index in [-0.39, 0.29) is 0 Å². The average Bonchev–Trinajstić information content (AvgIpc) is 3.37. The Morgan fingerprint density at radius 3 is 2.29 bits per heavy atom. The highest BCUT2D eigenvalue weighted by Crippen LogP contribution is 2.44. The zero-order valence-corrected chi connectivity index (χ0v) is 20.9. The van der Waals surface area contributed by atoms with Crippen molar-refractivity contribution in [3.05, 3.63) is 118 Å². The van der Waals surface area contributed by atoms with Gasteiger partial charge in [-0.25, -0.2) is 0 Å². The molecule has 0 amide bonds. The molecule has 0 saturated carbocycles. The third-order valence-electron chi connectivity index (χ3n) is 7.75. The van der Waals surface area contributed by atoms with E-state index in [2.05, 4.69) is 99.5 Å². The second kappa shape index (κ2) is 9.14. The van der Waals surface area contributed by atoms with Crippen molar-refractivity contribution in [2.75, 3.05) is 18.0 Å². The minimum absolute atomic E-state index is 0.817. The lowest BCUT2D eigenvalue weighted by molar-refractivity contribution is 0.949. The molecule has 1 fully saturated rings. The third-order valence-corrected chi connectivity index (χ3v) is 7.75. The fraction of sp³-hybridized carbons (Fsp3) is 0.273. The Morgan fingerprint density at radius 1 is 0.853 bits per heavy atom. The Hall–Kier alpha value is -3.32. The van der Waals surface area contributed by atoms with Crippen LogP contribution in [0.15, 0.2) is 79.4 Å². The molecule has 5 rings (SSSR count). The first-order valence-corrected chi connectivity index (χ1v) is 12.5. The van der Waals surface area contributed by atoms with Crippen molar-refractivity contribution in [1.29, 1.82) is 0 Å². The summed E-state index contributed by atoms with van der Waals surface area (Å²) in [4.78, 5) is 2.48. The van der Waals surface area contributed by atoms with Crippen LogP contribution in [0.5, 0.6) is 0 Å². The molecule has 1 nitrogen and oxygen atoms in total. The number of hydrogen-bond acceptors (Lipinski definition) is 1. The molecular formula is C33H35N. The zero-order chi connectivity index (χ0) is 23.8. The number of rotatable bonds is 5. The molecule has 1 aliphatic heterocycles.